The summed E-state index contributed by atoms with van der Waals surface area (Å²) in [4.78, 5) is 7.11. The quantitative estimate of drug-likeness (QED) is 0.449. The van der Waals surface area contributed by atoms with Gasteiger partial charge in [-0.3, -0.25) is 0 Å². The molecule has 1 aliphatic heterocycles. The van der Waals surface area contributed by atoms with E-state index in [2.05, 4.69) is 4.90 Å². The number of nitrogens with zero attached hydrogens (tertiary/aromatic N) is 2. The molecule has 2 aromatic carbocycles. The van der Waals surface area contributed by atoms with Crippen molar-refractivity contribution < 1.29 is 27.4 Å². The maximum Gasteiger partial charge on any atom is 0.185 e. The minimum Gasteiger partial charge on any atom is -0.497 e. The number of hydrogen-bond acceptors (Lipinski definition) is 9. The Morgan fingerprint density at radius 2 is 1.53 bits per heavy atom. The van der Waals surface area contributed by atoms with Gasteiger partial charge in [-0.1, -0.05) is 0 Å². The molecule has 182 valence electrons. The predicted octanol–water partition coefficient (Wildman–Crippen LogP) is 4.29. The van der Waals surface area contributed by atoms with Crippen molar-refractivity contribution in [1.82, 2.24) is 4.98 Å². The highest BCUT2D eigenvalue weighted by Gasteiger charge is 2.34. The molecular formula is C24H28N2O6S2. The lowest BCUT2D eigenvalue weighted by atomic mass is 10.1. The summed E-state index contributed by atoms with van der Waals surface area (Å²) in [5.74, 6) is 2.22. The van der Waals surface area contributed by atoms with Crippen molar-refractivity contribution in [3.63, 3.8) is 0 Å². The second-order valence-electron chi connectivity index (χ2n) is 7.86. The molecule has 1 aliphatic rings. The van der Waals surface area contributed by atoms with Crippen LogP contribution in [-0.4, -0.2) is 60.2 Å². The molecule has 0 bridgehead atoms. The van der Waals surface area contributed by atoms with Crippen molar-refractivity contribution in [2.24, 2.45) is 0 Å². The van der Waals surface area contributed by atoms with Crippen LogP contribution >= 0.6 is 11.3 Å². The van der Waals surface area contributed by atoms with E-state index in [-0.39, 0.29) is 4.90 Å². The minimum atomic E-state index is -3.57. The molecule has 0 N–H and O–H groups in total. The van der Waals surface area contributed by atoms with E-state index < -0.39 is 15.1 Å². The van der Waals surface area contributed by atoms with E-state index in [0.717, 1.165) is 16.4 Å². The largest absolute Gasteiger partial charge is 0.497 e. The Hall–Kier alpha value is -2.98. The fraction of sp³-hybridized carbons (Fsp3) is 0.375. The summed E-state index contributed by atoms with van der Waals surface area (Å²) in [6, 6.07) is 10.5. The van der Waals surface area contributed by atoms with Crippen molar-refractivity contribution in [1.29, 1.82) is 0 Å². The van der Waals surface area contributed by atoms with E-state index >= 15 is 0 Å². The Balaban J connectivity index is 1.50. The van der Waals surface area contributed by atoms with Gasteiger partial charge in [0.15, 0.2) is 15.0 Å². The highest BCUT2D eigenvalue weighted by atomic mass is 32.2. The van der Waals surface area contributed by atoms with Crippen LogP contribution in [0.2, 0.25) is 0 Å². The average molecular weight is 505 g/mol. The first-order chi connectivity index (χ1) is 16.4. The number of ether oxygens (including phenoxy) is 4. The zero-order valence-corrected chi connectivity index (χ0v) is 21.2. The molecule has 0 unspecified atom stereocenters. The van der Waals surface area contributed by atoms with Crippen LogP contribution in [-0.2, 0) is 9.84 Å². The van der Waals surface area contributed by atoms with Gasteiger partial charge in [-0.2, -0.15) is 0 Å². The summed E-state index contributed by atoms with van der Waals surface area (Å²) in [6.45, 7) is 1.20. The van der Waals surface area contributed by atoms with E-state index in [9.17, 15) is 8.42 Å². The third-order valence-electron chi connectivity index (χ3n) is 5.97. The Morgan fingerprint density at radius 3 is 2.12 bits per heavy atom. The lowest BCUT2D eigenvalue weighted by molar-refractivity contribution is 0.391. The van der Waals surface area contributed by atoms with E-state index in [1.165, 1.54) is 20.3 Å². The molecule has 0 amide bonds. The normalized spacial score (nSPS) is 14.6. The van der Waals surface area contributed by atoms with Gasteiger partial charge in [0.1, 0.15) is 27.9 Å². The molecule has 4 rings (SSSR count). The lowest BCUT2D eigenvalue weighted by Crippen LogP contribution is -2.39. The fourth-order valence-electron chi connectivity index (χ4n) is 4.04. The molecule has 2 heterocycles. The second-order valence-corrected chi connectivity index (χ2v) is 10.9. The maximum atomic E-state index is 13.4. The third kappa shape index (κ3) is 4.78. The van der Waals surface area contributed by atoms with Crippen molar-refractivity contribution in [2.45, 2.75) is 23.0 Å². The van der Waals surface area contributed by atoms with Gasteiger partial charge in [0.25, 0.3) is 0 Å². The number of piperidine rings is 1. The first-order valence-electron chi connectivity index (χ1n) is 10.8. The zero-order chi connectivity index (χ0) is 24.3. The van der Waals surface area contributed by atoms with Gasteiger partial charge < -0.3 is 23.8 Å². The molecule has 1 saturated heterocycles. The van der Waals surface area contributed by atoms with Crippen molar-refractivity contribution >= 4 is 26.3 Å². The van der Waals surface area contributed by atoms with Crippen LogP contribution in [0.3, 0.4) is 0 Å². The molecular weight excluding hydrogens is 476 g/mol. The van der Waals surface area contributed by atoms with Gasteiger partial charge in [-0.25, -0.2) is 13.4 Å². The summed E-state index contributed by atoms with van der Waals surface area (Å²) in [5, 5.41) is 2.37. The SMILES string of the molecule is COc1cc(OC)cc(-c2csc(N3CCC(S(=O)(=O)c4cc(OC)ccc4OC)CC3)n2)c1. The standard InChI is InChI=1S/C24H28N2O6S2/c1-29-17-5-6-22(32-4)23(14-17)34(27,28)20-7-9-26(10-8-20)24-25-21(15-33-24)16-11-18(30-2)13-19(12-16)31-3/h5-6,11-15,20H,7-10H2,1-4H3. The first-order valence-corrected chi connectivity index (χ1v) is 13.2. The molecule has 0 spiro atoms. The Kier molecular flexibility index (Phi) is 7.18. The summed E-state index contributed by atoms with van der Waals surface area (Å²) in [7, 11) is 2.65. The van der Waals surface area contributed by atoms with Crippen LogP contribution < -0.4 is 23.8 Å². The van der Waals surface area contributed by atoms with Crippen LogP contribution in [0.5, 0.6) is 23.0 Å². The summed E-state index contributed by atoms with van der Waals surface area (Å²) < 4.78 is 48.1. The molecule has 0 atom stereocenters. The van der Waals surface area contributed by atoms with E-state index in [1.54, 1.807) is 37.7 Å². The van der Waals surface area contributed by atoms with Gasteiger partial charge in [0, 0.05) is 36.2 Å². The molecule has 34 heavy (non-hydrogen) atoms. The zero-order valence-electron chi connectivity index (χ0n) is 19.6. The van der Waals surface area contributed by atoms with Crippen molar-refractivity contribution in [3.05, 3.63) is 41.8 Å². The molecule has 8 nitrogen and oxygen atoms in total. The van der Waals surface area contributed by atoms with Gasteiger partial charge >= 0.3 is 0 Å². The lowest BCUT2D eigenvalue weighted by Gasteiger charge is -2.31. The van der Waals surface area contributed by atoms with Gasteiger partial charge in [-0.05, 0) is 37.1 Å². The Morgan fingerprint density at radius 1 is 0.882 bits per heavy atom. The van der Waals surface area contributed by atoms with Crippen molar-refractivity contribution in [3.8, 4) is 34.3 Å². The Bertz CT molecular complexity index is 1230. The van der Waals surface area contributed by atoms with Gasteiger partial charge in [-0.15, -0.1) is 11.3 Å². The number of rotatable bonds is 8. The number of benzene rings is 2. The monoisotopic (exact) mass is 504 g/mol. The summed E-state index contributed by atoms with van der Waals surface area (Å²) in [6.07, 6.45) is 1.01. The molecule has 10 heteroatoms. The van der Waals surface area contributed by atoms with Crippen LogP contribution in [0.4, 0.5) is 5.13 Å². The topological polar surface area (TPSA) is 87.2 Å². The predicted molar refractivity (Wildman–Crippen MR) is 133 cm³/mol. The first kappa shape index (κ1) is 24.2. The maximum absolute atomic E-state index is 13.4. The second kappa shape index (κ2) is 10.1. The Labute approximate surface area is 204 Å². The smallest absolute Gasteiger partial charge is 0.185 e. The van der Waals surface area contributed by atoms with Crippen LogP contribution in [0, 0.1) is 0 Å². The number of hydrogen-bond donors (Lipinski definition) is 0. The molecule has 3 aromatic rings. The fourth-order valence-corrected chi connectivity index (χ4v) is 6.83. The number of methoxy groups -OCH3 is 4. The van der Waals surface area contributed by atoms with Crippen molar-refractivity contribution in [2.75, 3.05) is 46.4 Å². The molecule has 0 radical (unpaired) electrons. The number of sulfone groups is 1. The van der Waals surface area contributed by atoms with E-state index in [1.807, 2.05) is 23.6 Å². The number of anilines is 1. The minimum absolute atomic E-state index is 0.177. The van der Waals surface area contributed by atoms with Crippen LogP contribution in [0.1, 0.15) is 12.8 Å². The van der Waals surface area contributed by atoms with E-state index in [0.29, 0.717) is 48.9 Å². The number of aromatic nitrogens is 1. The molecule has 1 aromatic heterocycles. The molecule has 1 fully saturated rings. The van der Waals surface area contributed by atoms with Crippen LogP contribution in [0.25, 0.3) is 11.3 Å². The van der Waals surface area contributed by atoms with Gasteiger partial charge in [0.2, 0.25) is 0 Å². The highest BCUT2D eigenvalue weighted by Crippen LogP contribution is 2.36. The van der Waals surface area contributed by atoms with E-state index in [4.69, 9.17) is 23.9 Å². The van der Waals surface area contributed by atoms with Gasteiger partial charge in [0.05, 0.1) is 39.4 Å². The highest BCUT2D eigenvalue weighted by molar-refractivity contribution is 7.92. The van der Waals surface area contributed by atoms with Crippen LogP contribution in [0.15, 0.2) is 46.7 Å². The summed E-state index contributed by atoms with van der Waals surface area (Å²) >= 11 is 1.54. The number of thiazole rings is 1. The summed E-state index contributed by atoms with van der Waals surface area (Å²) in [5.41, 5.74) is 1.73. The average Bonchev–Trinajstić information content (AvgIpc) is 3.38. The third-order valence-corrected chi connectivity index (χ3v) is 9.15. The molecule has 0 aliphatic carbocycles. The molecule has 0 saturated carbocycles.